The minimum absolute atomic E-state index is 0.381. The molecule has 0 spiro atoms. The summed E-state index contributed by atoms with van der Waals surface area (Å²) in [6.45, 7) is 3.55. The number of hydrogen-bond donors (Lipinski definition) is 0. The summed E-state index contributed by atoms with van der Waals surface area (Å²) in [6.07, 6.45) is 0.916. The van der Waals surface area contributed by atoms with E-state index in [-0.39, 0.29) is 0 Å². The van der Waals surface area contributed by atoms with Crippen LogP contribution in [-0.2, 0) is 0 Å². The first-order chi connectivity index (χ1) is 5.06. The highest BCUT2D eigenvalue weighted by Crippen LogP contribution is 2.33. The van der Waals surface area contributed by atoms with Crippen LogP contribution in [0.5, 0.6) is 0 Å². The van der Waals surface area contributed by atoms with Crippen LogP contribution < -0.4 is 0 Å². The van der Waals surface area contributed by atoms with E-state index in [9.17, 15) is 0 Å². The Labute approximate surface area is 85.1 Å². The summed E-state index contributed by atoms with van der Waals surface area (Å²) in [5.74, 6) is 0. The molecule has 0 amide bonds. The smallest absolute Gasteiger partial charge is 0.0900 e. The second-order valence-electron chi connectivity index (χ2n) is 2.16. The van der Waals surface area contributed by atoms with Crippen LogP contribution >= 0.6 is 39.1 Å². The highest BCUT2D eigenvalue weighted by atomic mass is 79.9. The van der Waals surface area contributed by atoms with Gasteiger partial charge in [0.05, 0.1) is 10.9 Å². The fourth-order valence-electron chi connectivity index (χ4n) is 0.529. The van der Waals surface area contributed by atoms with Crippen LogP contribution in [0, 0.1) is 11.3 Å². The first-order valence-corrected chi connectivity index (χ1v) is 4.91. The van der Waals surface area contributed by atoms with Crippen LogP contribution in [-0.4, -0.2) is 10.2 Å². The van der Waals surface area contributed by atoms with Gasteiger partial charge in [-0.2, -0.15) is 5.26 Å². The summed E-state index contributed by atoms with van der Waals surface area (Å²) < 4.78 is 0. The molecule has 11 heavy (non-hydrogen) atoms. The normalized spacial score (nSPS) is 15.1. The molecule has 0 aromatic rings. The Kier molecular flexibility index (Phi) is 5.16. The highest BCUT2D eigenvalue weighted by Gasteiger charge is 2.27. The summed E-state index contributed by atoms with van der Waals surface area (Å²) in [5.41, 5.74) is 0. The fraction of sp³-hybridized carbons (Fsp3) is 0.571. The lowest BCUT2D eigenvalue weighted by Gasteiger charge is -2.21. The van der Waals surface area contributed by atoms with Crippen molar-refractivity contribution in [2.45, 2.75) is 17.7 Å². The molecule has 1 nitrogen and oxygen atoms in total. The maximum atomic E-state index is 8.31. The monoisotopic (exact) mass is 255 g/mol. The average Bonchev–Trinajstić information content (AvgIpc) is 2.00. The van der Waals surface area contributed by atoms with E-state index in [0.717, 1.165) is 0 Å². The zero-order chi connectivity index (χ0) is 8.91. The predicted octanol–water partition coefficient (Wildman–Crippen LogP) is 3.42. The van der Waals surface area contributed by atoms with Crippen LogP contribution in [0.3, 0.4) is 0 Å². The van der Waals surface area contributed by atoms with E-state index in [1.807, 2.05) is 6.07 Å². The molecule has 0 bridgehead atoms. The third kappa shape index (κ3) is 3.46. The number of halogens is 3. The van der Waals surface area contributed by atoms with Crippen molar-refractivity contribution >= 4 is 39.1 Å². The molecule has 0 aromatic carbocycles. The van der Waals surface area contributed by atoms with Crippen molar-refractivity contribution < 1.29 is 0 Å². The summed E-state index contributed by atoms with van der Waals surface area (Å²) in [7, 11) is 0. The number of nitrogens with zero attached hydrogens (tertiary/aromatic N) is 1. The molecule has 62 valence electrons. The second-order valence-corrected chi connectivity index (χ2v) is 3.90. The molecular formula is C7H8BrCl2N. The van der Waals surface area contributed by atoms with Gasteiger partial charge in [-0.3, -0.25) is 0 Å². The number of allylic oxidation sites excluding steroid dienone is 1. The minimum atomic E-state index is -0.669. The minimum Gasteiger partial charge on any atom is -0.198 e. The summed E-state index contributed by atoms with van der Waals surface area (Å²) >= 11 is 14.9. The predicted molar refractivity (Wildman–Crippen MR) is 52.2 cm³/mol. The maximum Gasteiger partial charge on any atom is 0.0900 e. The molecule has 0 heterocycles. The van der Waals surface area contributed by atoms with Gasteiger partial charge in [0, 0.05) is 16.8 Å². The van der Waals surface area contributed by atoms with Crippen LogP contribution in [0.4, 0.5) is 0 Å². The molecule has 4 heteroatoms. The zero-order valence-electron chi connectivity index (χ0n) is 5.91. The Bertz CT molecular complexity index is 187. The largest absolute Gasteiger partial charge is 0.198 e. The van der Waals surface area contributed by atoms with Gasteiger partial charge in [-0.15, -0.1) is 11.6 Å². The van der Waals surface area contributed by atoms with E-state index in [1.54, 1.807) is 0 Å². The standard InChI is InChI=1S/C7H8BrCl2N/c1-6(9)7(10,5-8)3-2-4-11/h1-3,5H2. The van der Waals surface area contributed by atoms with E-state index in [1.165, 1.54) is 0 Å². The lowest BCUT2D eigenvalue weighted by Crippen LogP contribution is -2.23. The molecule has 0 aliphatic carbocycles. The lowest BCUT2D eigenvalue weighted by atomic mass is 10.1. The molecule has 0 saturated carbocycles. The third-order valence-corrected chi connectivity index (χ3v) is 3.62. The van der Waals surface area contributed by atoms with Gasteiger partial charge < -0.3 is 0 Å². The summed E-state index contributed by atoms with van der Waals surface area (Å²) in [6, 6.07) is 2.01. The van der Waals surface area contributed by atoms with E-state index in [4.69, 9.17) is 28.5 Å². The van der Waals surface area contributed by atoms with Gasteiger partial charge in [-0.05, 0) is 6.42 Å². The molecular weight excluding hydrogens is 249 g/mol. The first-order valence-electron chi connectivity index (χ1n) is 3.03. The Morgan fingerprint density at radius 3 is 2.55 bits per heavy atom. The fourth-order valence-corrected chi connectivity index (χ4v) is 1.56. The van der Waals surface area contributed by atoms with Crippen molar-refractivity contribution in [3.05, 3.63) is 11.6 Å². The van der Waals surface area contributed by atoms with E-state index in [0.29, 0.717) is 23.2 Å². The van der Waals surface area contributed by atoms with Crippen molar-refractivity contribution in [2.75, 3.05) is 5.33 Å². The molecule has 0 aliphatic heterocycles. The second kappa shape index (κ2) is 5.03. The van der Waals surface area contributed by atoms with Gasteiger partial charge in [-0.25, -0.2) is 0 Å². The molecule has 0 radical (unpaired) electrons. The Morgan fingerprint density at radius 1 is 1.73 bits per heavy atom. The van der Waals surface area contributed by atoms with Crippen LogP contribution in [0.1, 0.15) is 12.8 Å². The highest BCUT2D eigenvalue weighted by molar-refractivity contribution is 9.09. The molecule has 0 saturated heterocycles. The summed E-state index contributed by atoms with van der Waals surface area (Å²) in [5, 5.41) is 9.21. The van der Waals surface area contributed by atoms with Gasteiger partial charge in [-0.1, -0.05) is 34.1 Å². The van der Waals surface area contributed by atoms with Crippen molar-refractivity contribution in [3.8, 4) is 6.07 Å². The first kappa shape index (κ1) is 11.3. The quantitative estimate of drug-likeness (QED) is 0.708. The molecule has 0 aliphatic rings. The van der Waals surface area contributed by atoms with Crippen molar-refractivity contribution in [1.29, 1.82) is 5.26 Å². The molecule has 1 unspecified atom stereocenters. The average molecular weight is 257 g/mol. The van der Waals surface area contributed by atoms with Crippen LogP contribution in [0.15, 0.2) is 11.6 Å². The Morgan fingerprint density at radius 2 is 2.27 bits per heavy atom. The van der Waals surface area contributed by atoms with Gasteiger partial charge >= 0.3 is 0 Å². The Hall–Kier alpha value is 0.290. The van der Waals surface area contributed by atoms with E-state index in [2.05, 4.69) is 22.5 Å². The lowest BCUT2D eigenvalue weighted by molar-refractivity contribution is 0.706. The Balaban J connectivity index is 4.13. The summed E-state index contributed by atoms with van der Waals surface area (Å²) in [4.78, 5) is -0.669. The van der Waals surface area contributed by atoms with Crippen LogP contribution in [0.2, 0.25) is 0 Å². The third-order valence-electron chi connectivity index (χ3n) is 1.33. The van der Waals surface area contributed by atoms with Crippen molar-refractivity contribution in [3.63, 3.8) is 0 Å². The number of alkyl halides is 2. The molecule has 0 aromatic heterocycles. The molecule has 0 fully saturated rings. The van der Waals surface area contributed by atoms with E-state index >= 15 is 0 Å². The molecule has 0 rings (SSSR count). The van der Waals surface area contributed by atoms with Crippen molar-refractivity contribution in [1.82, 2.24) is 0 Å². The van der Waals surface area contributed by atoms with Gasteiger partial charge in [0.2, 0.25) is 0 Å². The van der Waals surface area contributed by atoms with Crippen molar-refractivity contribution in [2.24, 2.45) is 0 Å². The molecule has 1 atom stereocenters. The van der Waals surface area contributed by atoms with Gasteiger partial charge in [0.15, 0.2) is 0 Å². The number of nitriles is 1. The maximum absolute atomic E-state index is 8.31. The SMILES string of the molecule is C=C(Cl)C(Cl)(CBr)CCC#N. The number of hydrogen-bond acceptors (Lipinski definition) is 1. The van der Waals surface area contributed by atoms with Gasteiger partial charge in [0.1, 0.15) is 0 Å². The number of rotatable bonds is 4. The topological polar surface area (TPSA) is 23.8 Å². The molecule has 0 N–H and O–H groups in total. The van der Waals surface area contributed by atoms with Gasteiger partial charge in [0.25, 0.3) is 0 Å². The van der Waals surface area contributed by atoms with Crippen LogP contribution in [0.25, 0.3) is 0 Å². The zero-order valence-corrected chi connectivity index (χ0v) is 9.01. The van der Waals surface area contributed by atoms with E-state index < -0.39 is 4.87 Å².